The van der Waals surface area contributed by atoms with E-state index >= 15 is 0 Å². The molecule has 4 nitrogen and oxygen atoms in total. The van der Waals surface area contributed by atoms with Crippen LogP contribution in [0, 0.1) is 11.7 Å². The van der Waals surface area contributed by atoms with Crippen molar-refractivity contribution in [1.29, 1.82) is 0 Å². The summed E-state index contributed by atoms with van der Waals surface area (Å²) in [6.45, 7) is 2.88. The third-order valence-electron chi connectivity index (χ3n) is 4.80. The van der Waals surface area contributed by atoms with Gasteiger partial charge in [0, 0.05) is 33.4 Å². The Hall–Kier alpha value is -1.72. The largest absolute Gasteiger partial charge is 0.380 e. The van der Waals surface area contributed by atoms with Crippen LogP contribution in [-0.2, 0) is 24.8 Å². The number of imidazole rings is 1. The van der Waals surface area contributed by atoms with Crippen molar-refractivity contribution in [1.82, 2.24) is 14.5 Å². The molecule has 3 rings (SSSR count). The standard InChI is InChI=1S/C18H24FN3O/c1-21-13-20-10-17(21)11-22-8-7-15(18(12-22)23-2)9-14-3-5-16(19)6-4-14/h3-6,10,13,15,18H,7-9,11-12H2,1-2H3/t15-,18+/m1/s1. The summed E-state index contributed by atoms with van der Waals surface area (Å²) in [5.74, 6) is 0.302. The number of hydrogen-bond donors (Lipinski definition) is 0. The Morgan fingerprint density at radius 1 is 1.30 bits per heavy atom. The van der Waals surface area contributed by atoms with Gasteiger partial charge in [-0.2, -0.15) is 0 Å². The second-order valence-corrected chi connectivity index (χ2v) is 6.38. The van der Waals surface area contributed by atoms with Gasteiger partial charge in [-0.15, -0.1) is 0 Å². The highest BCUT2D eigenvalue weighted by molar-refractivity contribution is 5.17. The van der Waals surface area contributed by atoms with Crippen molar-refractivity contribution in [3.8, 4) is 0 Å². The van der Waals surface area contributed by atoms with Crippen molar-refractivity contribution in [3.63, 3.8) is 0 Å². The monoisotopic (exact) mass is 317 g/mol. The molecule has 1 aliphatic heterocycles. The number of aryl methyl sites for hydroxylation is 1. The lowest BCUT2D eigenvalue weighted by molar-refractivity contribution is -0.0141. The number of methoxy groups -OCH3 is 1. The summed E-state index contributed by atoms with van der Waals surface area (Å²) in [5, 5.41) is 0. The zero-order valence-corrected chi connectivity index (χ0v) is 13.8. The SMILES string of the molecule is CO[C@H]1CN(Cc2cncn2C)CC[C@@H]1Cc1ccc(F)cc1. The molecule has 2 heterocycles. The molecule has 0 bridgehead atoms. The molecule has 1 saturated heterocycles. The molecule has 0 saturated carbocycles. The van der Waals surface area contributed by atoms with E-state index in [0.717, 1.165) is 32.5 Å². The minimum atomic E-state index is -0.178. The quantitative estimate of drug-likeness (QED) is 0.849. The molecule has 124 valence electrons. The predicted molar refractivity (Wildman–Crippen MR) is 87.5 cm³/mol. The van der Waals surface area contributed by atoms with Crippen molar-refractivity contribution < 1.29 is 9.13 Å². The molecule has 1 aromatic carbocycles. The maximum Gasteiger partial charge on any atom is 0.123 e. The van der Waals surface area contributed by atoms with Crippen LogP contribution < -0.4 is 0 Å². The van der Waals surface area contributed by atoms with Crippen LogP contribution in [0.1, 0.15) is 17.7 Å². The Morgan fingerprint density at radius 2 is 2.09 bits per heavy atom. The van der Waals surface area contributed by atoms with Crippen LogP contribution in [0.5, 0.6) is 0 Å². The molecule has 1 aliphatic rings. The van der Waals surface area contributed by atoms with Gasteiger partial charge in [-0.05, 0) is 43.0 Å². The van der Waals surface area contributed by atoms with Crippen molar-refractivity contribution in [2.24, 2.45) is 13.0 Å². The van der Waals surface area contributed by atoms with Gasteiger partial charge >= 0.3 is 0 Å². The summed E-state index contributed by atoms with van der Waals surface area (Å²) in [7, 11) is 3.81. The highest BCUT2D eigenvalue weighted by atomic mass is 19.1. The molecule has 1 fully saturated rings. The van der Waals surface area contributed by atoms with Gasteiger partial charge in [0.25, 0.3) is 0 Å². The minimum absolute atomic E-state index is 0.178. The van der Waals surface area contributed by atoms with Crippen molar-refractivity contribution in [2.45, 2.75) is 25.5 Å². The average molecular weight is 317 g/mol. The first kappa shape index (κ1) is 16.1. The van der Waals surface area contributed by atoms with E-state index in [-0.39, 0.29) is 11.9 Å². The molecular weight excluding hydrogens is 293 g/mol. The third kappa shape index (κ3) is 3.98. The predicted octanol–water partition coefficient (Wildman–Crippen LogP) is 2.64. The van der Waals surface area contributed by atoms with E-state index in [1.54, 1.807) is 7.11 Å². The van der Waals surface area contributed by atoms with E-state index in [9.17, 15) is 4.39 Å². The lowest BCUT2D eigenvalue weighted by atomic mass is 9.87. The topological polar surface area (TPSA) is 30.3 Å². The highest BCUT2D eigenvalue weighted by Crippen LogP contribution is 2.25. The Labute approximate surface area is 136 Å². The van der Waals surface area contributed by atoms with E-state index in [2.05, 4.69) is 14.5 Å². The first-order chi connectivity index (χ1) is 11.2. The average Bonchev–Trinajstić information content (AvgIpc) is 2.96. The molecule has 2 atom stereocenters. The van der Waals surface area contributed by atoms with E-state index in [1.165, 1.54) is 23.4 Å². The summed E-state index contributed by atoms with van der Waals surface area (Å²) < 4.78 is 20.8. The van der Waals surface area contributed by atoms with Gasteiger partial charge in [-0.1, -0.05) is 12.1 Å². The van der Waals surface area contributed by atoms with Gasteiger partial charge in [0.1, 0.15) is 5.82 Å². The Kier molecular flexibility index (Phi) is 5.08. The number of benzene rings is 1. The summed E-state index contributed by atoms with van der Waals surface area (Å²) in [6, 6.07) is 6.83. The van der Waals surface area contributed by atoms with Crippen LogP contribution in [0.15, 0.2) is 36.8 Å². The molecule has 0 unspecified atom stereocenters. The molecule has 1 aromatic heterocycles. The molecule has 0 N–H and O–H groups in total. The van der Waals surface area contributed by atoms with Crippen LogP contribution in [0.3, 0.4) is 0 Å². The molecule has 2 aromatic rings. The van der Waals surface area contributed by atoms with Crippen LogP contribution in [-0.4, -0.2) is 40.8 Å². The van der Waals surface area contributed by atoms with Crippen molar-refractivity contribution in [2.75, 3.05) is 20.2 Å². The van der Waals surface area contributed by atoms with Gasteiger partial charge in [0.2, 0.25) is 0 Å². The number of hydrogen-bond acceptors (Lipinski definition) is 3. The number of piperidine rings is 1. The fraction of sp³-hybridized carbons (Fsp3) is 0.500. The summed E-state index contributed by atoms with van der Waals surface area (Å²) in [6.07, 6.45) is 6.00. The first-order valence-corrected chi connectivity index (χ1v) is 8.10. The van der Waals surface area contributed by atoms with Crippen LogP contribution >= 0.6 is 0 Å². The molecule has 5 heteroatoms. The van der Waals surface area contributed by atoms with Crippen LogP contribution in [0.25, 0.3) is 0 Å². The van der Waals surface area contributed by atoms with Crippen LogP contribution in [0.2, 0.25) is 0 Å². The third-order valence-corrected chi connectivity index (χ3v) is 4.80. The second-order valence-electron chi connectivity index (χ2n) is 6.38. The molecule has 0 spiro atoms. The smallest absolute Gasteiger partial charge is 0.123 e. The normalized spacial score (nSPS) is 22.4. The zero-order chi connectivity index (χ0) is 16.2. The second kappa shape index (κ2) is 7.23. The maximum atomic E-state index is 13.0. The number of halogens is 1. The number of ether oxygens (including phenoxy) is 1. The Morgan fingerprint density at radius 3 is 2.74 bits per heavy atom. The fourth-order valence-electron chi connectivity index (χ4n) is 3.36. The Bertz CT molecular complexity index is 625. The lowest BCUT2D eigenvalue weighted by Gasteiger charge is -2.38. The van der Waals surface area contributed by atoms with Crippen LogP contribution in [0.4, 0.5) is 4.39 Å². The summed E-state index contributed by atoms with van der Waals surface area (Å²) in [4.78, 5) is 6.60. The van der Waals surface area contributed by atoms with Gasteiger partial charge in [0.15, 0.2) is 0 Å². The van der Waals surface area contributed by atoms with E-state index in [1.807, 2.05) is 31.7 Å². The van der Waals surface area contributed by atoms with Gasteiger partial charge < -0.3 is 9.30 Å². The molecule has 0 amide bonds. The van der Waals surface area contributed by atoms with E-state index < -0.39 is 0 Å². The molecule has 0 aliphatic carbocycles. The van der Waals surface area contributed by atoms with Gasteiger partial charge in [-0.3, -0.25) is 4.90 Å². The number of rotatable bonds is 5. The summed E-state index contributed by atoms with van der Waals surface area (Å²) in [5.41, 5.74) is 2.40. The summed E-state index contributed by atoms with van der Waals surface area (Å²) >= 11 is 0. The van der Waals surface area contributed by atoms with E-state index in [4.69, 9.17) is 4.74 Å². The number of nitrogens with zero attached hydrogens (tertiary/aromatic N) is 3. The van der Waals surface area contributed by atoms with Gasteiger partial charge in [-0.25, -0.2) is 9.37 Å². The molecule has 23 heavy (non-hydrogen) atoms. The van der Waals surface area contributed by atoms with Crippen molar-refractivity contribution >= 4 is 0 Å². The fourth-order valence-corrected chi connectivity index (χ4v) is 3.36. The minimum Gasteiger partial charge on any atom is -0.380 e. The van der Waals surface area contributed by atoms with Gasteiger partial charge in [0.05, 0.1) is 18.1 Å². The molecular formula is C18H24FN3O. The van der Waals surface area contributed by atoms with Crippen molar-refractivity contribution in [3.05, 3.63) is 53.9 Å². The number of likely N-dealkylation sites (tertiary alicyclic amines) is 1. The highest BCUT2D eigenvalue weighted by Gasteiger charge is 2.29. The molecule has 0 radical (unpaired) electrons. The van der Waals surface area contributed by atoms with E-state index in [0.29, 0.717) is 5.92 Å². The zero-order valence-electron chi connectivity index (χ0n) is 13.8. The first-order valence-electron chi connectivity index (χ1n) is 8.10. The lowest BCUT2D eigenvalue weighted by Crippen LogP contribution is -2.45. The number of aromatic nitrogens is 2. The maximum absolute atomic E-state index is 13.0. The Balaban J connectivity index is 1.60.